The van der Waals surface area contributed by atoms with Crippen LogP contribution in [0.1, 0.15) is 25.7 Å². The number of ether oxygens (including phenoxy) is 1. The molecule has 0 fully saturated rings. The molecule has 0 unspecified atom stereocenters. The van der Waals surface area contributed by atoms with Crippen molar-refractivity contribution >= 4 is 22.6 Å². The average Bonchev–Trinajstić information content (AvgIpc) is 2.74. The Morgan fingerprint density at radius 1 is 1.03 bits per heavy atom. The smallest absolute Gasteiger partial charge is 0.303 e. The number of nitriles is 2. The number of nitrogens with zero attached hydrogens (tertiary/aromatic N) is 3. The summed E-state index contributed by atoms with van der Waals surface area (Å²) in [5.41, 5.74) is 0.337. The number of carbonyl (C=O) groups excluding carboxylic acids is 1. The molecule has 0 spiro atoms. The second kappa shape index (κ2) is 11.9. The first-order chi connectivity index (χ1) is 14.6. The quantitative estimate of drug-likeness (QED) is 0.347. The van der Waals surface area contributed by atoms with Gasteiger partial charge in [0.25, 0.3) is 5.91 Å². The molecule has 0 radical (unpaired) electrons. The van der Waals surface area contributed by atoms with Crippen LogP contribution in [0.4, 0.5) is 0 Å². The molecule has 7 nitrogen and oxygen atoms in total. The SMILES string of the molecule is N#CCN(CC#N)C(=O)/C(=C/CCCCC(=O)O)COc1cccc2ccccc12. The number of allylic oxidation sites excluding steroid dienone is 1. The van der Waals surface area contributed by atoms with E-state index in [1.807, 2.05) is 54.6 Å². The molecule has 2 aromatic carbocycles. The number of fused-ring (bicyclic) bond motifs is 1. The second-order valence-corrected chi connectivity index (χ2v) is 6.61. The Kier molecular flexibility index (Phi) is 8.89. The van der Waals surface area contributed by atoms with Crippen molar-refractivity contribution < 1.29 is 19.4 Å². The lowest BCUT2D eigenvalue weighted by Gasteiger charge is -2.19. The molecule has 0 aromatic heterocycles. The molecule has 1 amide bonds. The number of carbonyl (C=O) groups is 2. The summed E-state index contributed by atoms with van der Waals surface area (Å²) >= 11 is 0. The number of amides is 1. The summed E-state index contributed by atoms with van der Waals surface area (Å²) in [6.07, 6.45) is 3.38. The zero-order valence-electron chi connectivity index (χ0n) is 16.6. The molecule has 0 atom stereocenters. The van der Waals surface area contributed by atoms with Gasteiger partial charge in [0.2, 0.25) is 0 Å². The average molecular weight is 405 g/mol. The Hall–Kier alpha value is -3.84. The largest absolute Gasteiger partial charge is 0.488 e. The molecule has 0 aliphatic rings. The van der Waals surface area contributed by atoms with E-state index in [0.29, 0.717) is 30.6 Å². The minimum Gasteiger partial charge on any atom is -0.488 e. The number of benzene rings is 2. The maximum atomic E-state index is 12.9. The first-order valence-electron chi connectivity index (χ1n) is 9.61. The van der Waals surface area contributed by atoms with Crippen molar-refractivity contribution in [1.82, 2.24) is 4.90 Å². The van der Waals surface area contributed by atoms with Crippen molar-refractivity contribution in [2.24, 2.45) is 0 Å². The molecule has 1 N–H and O–H groups in total. The summed E-state index contributed by atoms with van der Waals surface area (Å²) in [4.78, 5) is 24.7. The fourth-order valence-corrected chi connectivity index (χ4v) is 2.96. The zero-order chi connectivity index (χ0) is 21.8. The number of aliphatic carboxylic acids is 1. The molecule has 0 bridgehead atoms. The fourth-order valence-electron chi connectivity index (χ4n) is 2.96. The maximum Gasteiger partial charge on any atom is 0.303 e. The molecule has 154 valence electrons. The van der Waals surface area contributed by atoms with Crippen molar-refractivity contribution in [2.45, 2.75) is 25.7 Å². The monoisotopic (exact) mass is 405 g/mol. The van der Waals surface area contributed by atoms with Crippen LogP contribution in [-0.4, -0.2) is 41.6 Å². The van der Waals surface area contributed by atoms with E-state index < -0.39 is 11.9 Å². The molecule has 2 rings (SSSR count). The zero-order valence-corrected chi connectivity index (χ0v) is 16.6. The van der Waals surface area contributed by atoms with Gasteiger partial charge in [-0.25, -0.2) is 0 Å². The van der Waals surface area contributed by atoms with Crippen LogP contribution >= 0.6 is 0 Å². The number of unbranched alkanes of at least 4 members (excludes halogenated alkanes) is 2. The molecule has 0 heterocycles. The summed E-state index contributed by atoms with van der Waals surface area (Å²) in [7, 11) is 0. The van der Waals surface area contributed by atoms with Crippen LogP contribution in [-0.2, 0) is 9.59 Å². The van der Waals surface area contributed by atoms with Gasteiger partial charge in [-0.2, -0.15) is 10.5 Å². The van der Waals surface area contributed by atoms with Crippen LogP contribution in [0.2, 0.25) is 0 Å². The van der Waals surface area contributed by atoms with E-state index in [0.717, 1.165) is 15.7 Å². The van der Waals surface area contributed by atoms with E-state index >= 15 is 0 Å². The highest BCUT2D eigenvalue weighted by Crippen LogP contribution is 2.25. The number of carboxylic acid groups (broad SMARTS) is 1. The molecule has 7 heteroatoms. The molecule has 2 aromatic rings. The first kappa shape index (κ1) is 22.4. The molecular weight excluding hydrogens is 382 g/mol. The minimum absolute atomic E-state index is 0.0148. The van der Waals surface area contributed by atoms with Gasteiger partial charge in [-0.05, 0) is 30.7 Å². The third-order valence-electron chi connectivity index (χ3n) is 4.45. The standard InChI is InChI=1S/C23H23N3O4/c24-13-15-26(16-14-25)23(29)19(8-2-1-3-12-22(27)28)17-30-21-11-6-9-18-7-4-5-10-20(18)21/h4-11H,1-3,12,15-17H2,(H,27,28)/b19-8+. The van der Waals surface area contributed by atoms with Crippen LogP contribution in [0.25, 0.3) is 10.8 Å². The van der Waals surface area contributed by atoms with E-state index in [1.165, 1.54) is 0 Å². The summed E-state index contributed by atoms with van der Waals surface area (Å²) in [6, 6.07) is 17.2. The maximum absolute atomic E-state index is 12.9. The lowest BCUT2D eigenvalue weighted by Crippen LogP contribution is -2.34. The molecule has 0 saturated heterocycles. The van der Waals surface area contributed by atoms with E-state index in [4.69, 9.17) is 20.4 Å². The van der Waals surface area contributed by atoms with Crippen LogP contribution < -0.4 is 4.74 Å². The number of hydrogen-bond donors (Lipinski definition) is 1. The van der Waals surface area contributed by atoms with Crippen molar-refractivity contribution in [3.8, 4) is 17.9 Å². The highest BCUT2D eigenvalue weighted by molar-refractivity contribution is 5.94. The number of rotatable bonds is 11. The molecule has 0 aliphatic heterocycles. The summed E-state index contributed by atoms with van der Waals surface area (Å²) < 4.78 is 5.93. The van der Waals surface area contributed by atoms with Crippen LogP contribution in [0.15, 0.2) is 54.1 Å². The van der Waals surface area contributed by atoms with Gasteiger partial charge in [0.15, 0.2) is 0 Å². The van der Waals surface area contributed by atoms with E-state index in [2.05, 4.69) is 0 Å². The third-order valence-corrected chi connectivity index (χ3v) is 4.45. The Balaban J connectivity index is 2.17. The Morgan fingerprint density at radius 2 is 1.73 bits per heavy atom. The van der Waals surface area contributed by atoms with E-state index in [-0.39, 0.29) is 26.1 Å². The third kappa shape index (κ3) is 6.65. The highest BCUT2D eigenvalue weighted by Gasteiger charge is 2.18. The number of hydrogen-bond acceptors (Lipinski definition) is 5. The van der Waals surface area contributed by atoms with Gasteiger partial charge < -0.3 is 14.7 Å². The topological polar surface area (TPSA) is 114 Å². The Morgan fingerprint density at radius 3 is 2.43 bits per heavy atom. The van der Waals surface area contributed by atoms with Gasteiger partial charge in [-0.1, -0.05) is 42.5 Å². The lowest BCUT2D eigenvalue weighted by atomic mass is 10.1. The highest BCUT2D eigenvalue weighted by atomic mass is 16.5. The predicted molar refractivity (Wildman–Crippen MR) is 111 cm³/mol. The van der Waals surface area contributed by atoms with Gasteiger partial charge >= 0.3 is 5.97 Å². The number of carboxylic acids is 1. The normalized spacial score (nSPS) is 10.8. The Bertz CT molecular complexity index is 980. The van der Waals surface area contributed by atoms with Gasteiger partial charge in [0, 0.05) is 11.8 Å². The molecular formula is C23H23N3O4. The predicted octanol–water partition coefficient (Wildman–Crippen LogP) is 3.67. The molecule has 0 aliphatic carbocycles. The second-order valence-electron chi connectivity index (χ2n) is 6.61. The van der Waals surface area contributed by atoms with Crippen molar-refractivity contribution in [1.29, 1.82) is 10.5 Å². The van der Waals surface area contributed by atoms with Gasteiger partial charge in [0.1, 0.15) is 25.4 Å². The van der Waals surface area contributed by atoms with Gasteiger partial charge in [-0.3, -0.25) is 9.59 Å². The first-order valence-corrected chi connectivity index (χ1v) is 9.61. The molecule has 30 heavy (non-hydrogen) atoms. The summed E-state index contributed by atoms with van der Waals surface area (Å²) in [6.45, 7) is -0.410. The van der Waals surface area contributed by atoms with Crippen molar-refractivity contribution in [2.75, 3.05) is 19.7 Å². The summed E-state index contributed by atoms with van der Waals surface area (Å²) in [5, 5.41) is 28.6. The van der Waals surface area contributed by atoms with Crippen LogP contribution in [0, 0.1) is 22.7 Å². The van der Waals surface area contributed by atoms with Crippen LogP contribution in [0.3, 0.4) is 0 Å². The van der Waals surface area contributed by atoms with Gasteiger partial charge in [0.05, 0.1) is 17.7 Å². The van der Waals surface area contributed by atoms with E-state index in [9.17, 15) is 9.59 Å². The van der Waals surface area contributed by atoms with E-state index in [1.54, 1.807) is 6.08 Å². The van der Waals surface area contributed by atoms with Gasteiger partial charge in [-0.15, -0.1) is 0 Å². The fraction of sp³-hybridized carbons (Fsp3) is 0.304. The van der Waals surface area contributed by atoms with Crippen molar-refractivity contribution in [3.63, 3.8) is 0 Å². The Labute approximate surface area is 175 Å². The lowest BCUT2D eigenvalue weighted by molar-refractivity contribution is -0.137. The van der Waals surface area contributed by atoms with Crippen molar-refractivity contribution in [3.05, 3.63) is 54.1 Å². The molecule has 0 saturated carbocycles. The minimum atomic E-state index is -0.858. The summed E-state index contributed by atoms with van der Waals surface area (Å²) in [5.74, 6) is -0.662. The van der Waals surface area contributed by atoms with Crippen LogP contribution in [0.5, 0.6) is 5.75 Å².